The molecule has 1 saturated carbocycles. The van der Waals surface area contributed by atoms with E-state index in [1.165, 1.54) is 10.4 Å². The van der Waals surface area contributed by atoms with Gasteiger partial charge in [0.2, 0.25) is 10.0 Å². The van der Waals surface area contributed by atoms with Crippen LogP contribution >= 0.6 is 0 Å². The van der Waals surface area contributed by atoms with Crippen LogP contribution in [0.4, 0.5) is 10.5 Å². The van der Waals surface area contributed by atoms with Gasteiger partial charge >= 0.3 is 6.03 Å². The Labute approximate surface area is 166 Å². The van der Waals surface area contributed by atoms with Crippen molar-refractivity contribution in [1.29, 1.82) is 0 Å². The molecule has 3 aliphatic rings. The second-order valence-corrected chi connectivity index (χ2v) is 10.6. The summed E-state index contributed by atoms with van der Waals surface area (Å²) in [6.45, 7) is 6.07. The zero-order valence-corrected chi connectivity index (χ0v) is 17.3. The predicted octanol–water partition coefficient (Wildman–Crippen LogP) is 2.80. The van der Waals surface area contributed by atoms with E-state index in [2.05, 4.69) is 24.5 Å². The number of hydrogen-bond acceptors (Lipinski definition) is 4. The summed E-state index contributed by atoms with van der Waals surface area (Å²) < 4.78 is 33.0. The number of hydrogen-bond donors (Lipinski definition) is 2. The number of rotatable bonds is 4. The summed E-state index contributed by atoms with van der Waals surface area (Å²) in [5.41, 5.74) is 0.379. The Morgan fingerprint density at radius 1 is 1.21 bits per heavy atom. The Bertz CT molecular complexity index is 849. The van der Waals surface area contributed by atoms with Crippen LogP contribution in [0.5, 0.6) is 0 Å². The fraction of sp³-hybridized carbons (Fsp3) is 0.650. The van der Waals surface area contributed by atoms with Crippen LogP contribution in [0.3, 0.4) is 0 Å². The number of fused-ring (bicyclic) bond motifs is 1. The van der Waals surface area contributed by atoms with Crippen LogP contribution in [0.1, 0.15) is 39.5 Å². The maximum Gasteiger partial charge on any atom is 0.319 e. The Morgan fingerprint density at radius 3 is 2.71 bits per heavy atom. The van der Waals surface area contributed by atoms with Crippen molar-refractivity contribution in [3.05, 3.63) is 24.3 Å². The van der Waals surface area contributed by atoms with Crippen molar-refractivity contribution < 1.29 is 17.9 Å². The van der Waals surface area contributed by atoms with E-state index in [-0.39, 0.29) is 28.5 Å². The molecule has 2 N–H and O–H groups in total. The molecule has 1 aromatic carbocycles. The highest BCUT2D eigenvalue weighted by Crippen LogP contribution is 2.52. The number of piperidine rings is 1. The lowest BCUT2D eigenvalue weighted by atomic mass is 9.57. The molecule has 2 saturated heterocycles. The topological polar surface area (TPSA) is 87.7 Å². The smallest absolute Gasteiger partial charge is 0.319 e. The molecule has 7 nitrogen and oxygen atoms in total. The van der Waals surface area contributed by atoms with Gasteiger partial charge in [-0.25, -0.2) is 13.2 Å². The summed E-state index contributed by atoms with van der Waals surface area (Å²) in [7, 11) is -3.52. The average molecular weight is 408 g/mol. The van der Waals surface area contributed by atoms with Gasteiger partial charge in [-0.15, -0.1) is 0 Å². The third-order valence-corrected chi connectivity index (χ3v) is 8.33. The highest BCUT2D eigenvalue weighted by atomic mass is 32.2. The van der Waals surface area contributed by atoms with Crippen LogP contribution in [0.25, 0.3) is 0 Å². The lowest BCUT2D eigenvalue weighted by Crippen LogP contribution is -2.67. The fourth-order valence-corrected chi connectivity index (χ4v) is 6.48. The molecule has 0 unspecified atom stereocenters. The van der Waals surface area contributed by atoms with Crippen LogP contribution < -0.4 is 10.6 Å². The molecule has 0 radical (unpaired) electrons. The molecule has 154 valence electrons. The molecular formula is C20H29N3O4S. The number of sulfonamides is 1. The molecule has 8 heteroatoms. The first-order chi connectivity index (χ1) is 13.3. The van der Waals surface area contributed by atoms with Gasteiger partial charge in [-0.2, -0.15) is 4.31 Å². The van der Waals surface area contributed by atoms with E-state index in [4.69, 9.17) is 4.74 Å². The predicted molar refractivity (Wildman–Crippen MR) is 107 cm³/mol. The Balaban J connectivity index is 1.43. The molecule has 0 bridgehead atoms. The quantitative estimate of drug-likeness (QED) is 0.803. The first kappa shape index (κ1) is 19.7. The zero-order valence-electron chi connectivity index (χ0n) is 16.5. The summed E-state index contributed by atoms with van der Waals surface area (Å²) in [6, 6.07) is 6.25. The van der Waals surface area contributed by atoms with Crippen molar-refractivity contribution >= 4 is 21.7 Å². The number of carbonyl (C=O) groups excluding carboxylic acids is 1. The second kappa shape index (κ2) is 7.31. The monoisotopic (exact) mass is 407 g/mol. The van der Waals surface area contributed by atoms with Crippen molar-refractivity contribution in [1.82, 2.24) is 9.62 Å². The van der Waals surface area contributed by atoms with E-state index in [1.54, 1.807) is 18.2 Å². The van der Waals surface area contributed by atoms with Gasteiger partial charge in [0.25, 0.3) is 0 Å². The van der Waals surface area contributed by atoms with Crippen LogP contribution in [0.15, 0.2) is 29.2 Å². The summed E-state index contributed by atoms with van der Waals surface area (Å²) in [5, 5.41) is 5.86. The molecule has 3 fully saturated rings. The number of carbonyl (C=O) groups is 1. The normalized spacial score (nSPS) is 29.6. The molecule has 1 aromatic rings. The average Bonchev–Trinajstić information content (AvgIpc) is 3.14. The van der Waals surface area contributed by atoms with Crippen molar-refractivity contribution in [2.24, 2.45) is 11.3 Å². The molecule has 1 aliphatic carbocycles. The molecule has 3 atom stereocenters. The number of ether oxygens (including phenoxy) is 1. The molecule has 2 aliphatic heterocycles. The van der Waals surface area contributed by atoms with E-state index < -0.39 is 10.0 Å². The molecule has 0 aromatic heterocycles. The number of nitrogens with one attached hydrogen (secondary N) is 2. The van der Waals surface area contributed by atoms with Crippen molar-refractivity contribution in [3.63, 3.8) is 0 Å². The van der Waals surface area contributed by atoms with Crippen molar-refractivity contribution in [2.45, 2.75) is 56.6 Å². The van der Waals surface area contributed by atoms with Crippen LogP contribution in [-0.4, -0.2) is 50.6 Å². The molecular weight excluding hydrogens is 378 g/mol. The number of anilines is 1. The zero-order chi connectivity index (χ0) is 19.9. The van der Waals surface area contributed by atoms with E-state index in [1.807, 2.05) is 0 Å². The lowest BCUT2D eigenvalue weighted by Gasteiger charge is -2.54. The van der Waals surface area contributed by atoms with Gasteiger partial charge < -0.3 is 15.4 Å². The summed E-state index contributed by atoms with van der Waals surface area (Å²) in [6.07, 6.45) is 4.02. The minimum absolute atomic E-state index is 0.0558. The van der Waals surface area contributed by atoms with Gasteiger partial charge in [0.1, 0.15) is 0 Å². The number of nitrogens with zero attached hydrogens (tertiary/aromatic N) is 1. The minimum Gasteiger partial charge on any atom is -0.377 e. The molecule has 2 amide bonds. The number of amides is 2. The Hall–Kier alpha value is -1.64. The van der Waals surface area contributed by atoms with Gasteiger partial charge in [0.15, 0.2) is 0 Å². The third kappa shape index (κ3) is 3.42. The highest BCUT2D eigenvalue weighted by Gasteiger charge is 2.59. The first-order valence-corrected chi connectivity index (χ1v) is 11.5. The van der Waals surface area contributed by atoms with Crippen molar-refractivity contribution in [2.75, 3.05) is 25.0 Å². The standard InChI is InChI=1S/C20H29N3O4S/c1-20(2)17(16-9-12-27-18(16)20)22-19(24)21-14-7-6-8-15(13-14)28(25,26)23-10-4-3-5-11-23/h6-8,13,16-18H,3-5,9-12H2,1-2H3,(H2,21,22,24)/t16-,17+,18+/m0/s1. The molecule has 2 heterocycles. The van der Waals surface area contributed by atoms with E-state index >= 15 is 0 Å². The van der Waals surface area contributed by atoms with E-state index in [9.17, 15) is 13.2 Å². The summed E-state index contributed by atoms with van der Waals surface area (Å²) in [5.74, 6) is 0.353. The van der Waals surface area contributed by atoms with Crippen molar-refractivity contribution in [3.8, 4) is 0 Å². The summed E-state index contributed by atoms with van der Waals surface area (Å²) in [4.78, 5) is 12.8. The van der Waals surface area contributed by atoms with Gasteiger partial charge in [0, 0.05) is 42.8 Å². The lowest BCUT2D eigenvalue weighted by molar-refractivity contribution is -0.107. The summed E-state index contributed by atoms with van der Waals surface area (Å²) >= 11 is 0. The van der Waals surface area contributed by atoms with Gasteiger partial charge in [-0.1, -0.05) is 26.3 Å². The van der Waals surface area contributed by atoms with E-state index in [0.29, 0.717) is 24.7 Å². The van der Waals surface area contributed by atoms with E-state index in [0.717, 1.165) is 32.3 Å². The number of benzene rings is 1. The Morgan fingerprint density at radius 2 is 1.96 bits per heavy atom. The van der Waals surface area contributed by atoms with Gasteiger partial charge in [0.05, 0.1) is 11.0 Å². The van der Waals surface area contributed by atoms with Gasteiger partial charge in [-0.3, -0.25) is 0 Å². The molecule has 28 heavy (non-hydrogen) atoms. The third-order valence-electron chi connectivity index (χ3n) is 6.43. The van der Waals surface area contributed by atoms with Crippen LogP contribution in [0.2, 0.25) is 0 Å². The first-order valence-electron chi connectivity index (χ1n) is 10.1. The van der Waals surface area contributed by atoms with Gasteiger partial charge in [-0.05, 0) is 37.5 Å². The fourth-order valence-electron chi connectivity index (χ4n) is 4.91. The SMILES string of the molecule is CC1(C)[C@H](NC(=O)Nc2cccc(S(=O)(=O)N3CCCCC3)c2)[C@@H]2CCO[C@H]21. The number of urea groups is 1. The minimum atomic E-state index is -3.52. The molecule has 4 rings (SSSR count). The Kier molecular flexibility index (Phi) is 5.14. The molecule has 0 spiro atoms. The second-order valence-electron chi connectivity index (χ2n) is 8.63. The maximum absolute atomic E-state index is 12.9. The highest BCUT2D eigenvalue weighted by molar-refractivity contribution is 7.89. The van der Waals surface area contributed by atoms with Crippen LogP contribution in [0, 0.1) is 11.3 Å². The van der Waals surface area contributed by atoms with Crippen LogP contribution in [-0.2, 0) is 14.8 Å². The maximum atomic E-state index is 12.9. The largest absolute Gasteiger partial charge is 0.377 e.